The largest absolute Gasteiger partial charge is 0.484 e. The highest BCUT2D eigenvalue weighted by Crippen LogP contribution is 2.55. The Morgan fingerprint density at radius 2 is 1.63 bits per heavy atom. The average Bonchev–Trinajstić information content (AvgIpc) is 3.86. The molecular weight excluding hydrogens is 729 g/mol. The molecule has 12 heteroatoms. The summed E-state index contributed by atoms with van der Waals surface area (Å²) < 4.78 is 17.5. The molecule has 1 aliphatic heterocycles. The summed E-state index contributed by atoms with van der Waals surface area (Å²) in [5.74, 6) is 3.55. The van der Waals surface area contributed by atoms with E-state index in [1.54, 1.807) is 0 Å². The fourth-order valence-corrected chi connectivity index (χ4v) is 11.0. The van der Waals surface area contributed by atoms with E-state index in [0.717, 1.165) is 58.4 Å². The summed E-state index contributed by atoms with van der Waals surface area (Å²) in [5.41, 5.74) is 5.00. The highest BCUT2D eigenvalue weighted by molar-refractivity contribution is 5.98. The van der Waals surface area contributed by atoms with Crippen LogP contribution in [-0.2, 0) is 9.84 Å². The van der Waals surface area contributed by atoms with Gasteiger partial charge in [0, 0.05) is 23.9 Å². The summed E-state index contributed by atoms with van der Waals surface area (Å²) in [5, 5.41) is 20.7. The van der Waals surface area contributed by atoms with Crippen LogP contribution in [0, 0.1) is 30.6 Å². The molecule has 304 valence electrons. The van der Waals surface area contributed by atoms with Gasteiger partial charge in [0.2, 0.25) is 5.95 Å². The third-order valence-corrected chi connectivity index (χ3v) is 13.7. The van der Waals surface area contributed by atoms with E-state index in [1.165, 1.54) is 0 Å². The third-order valence-electron chi connectivity index (χ3n) is 13.0. The van der Waals surface area contributed by atoms with Gasteiger partial charge in [-0.2, -0.15) is 5.10 Å². The first-order chi connectivity index (χ1) is 27.0. The van der Waals surface area contributed by atoms with Crippen molar-refractivity contribution in [2.24, 2.45) is 23.7 Å². The van der Waals surface area contributed by atoms with E-state index in [0.29, 0.717) is 46.4 Å². The molecule has 0 saturated carbocycles. The van der Waals surface area contributed by atoms with Crippen LogP contribution in [0.2, 0.25) is 0 Å². The molecule has 1 fully saturated rings. The van der Waals surface area contributed by atoms with Crippen LogP contribution in [0.15, 0.2) is 72.9 Å². The summed E-state index contributed by atoms with van der Waals surface area (Å²) in [6, 6.07) is 21.9. The first-order valence-corrected chi connectivity index (χ1v) is 21.5. The molecule has 3 aromatic heterocycles. The van der Waals surface area contributed by atoms with Crippen LogP contribution in [0.25, 0.3) is 11.3 Å². The molecule has 2 N–H and O–H groups in total. The molecule has 3 unspecified atom stereocenters. The number of aromatic nitrogens is 5. The Balaban J connectivity index is 1.13. The second-order valence-electron chi connectivity index (χ2n) is 18.4. The molecule has 2 amide bonds. The number of hydrogen-bond acceptors (Lipinski definition) is 7. The van der Waals surface area contributed by atoms with Crippen molar-refractivity contribution in [3.05, 3.63) is 95.3 Å². The predicted molar refractivity (Wildman–Crippen MR) is 231 cm³/mol. The number of carbonyl (C=O) groups is 1. The predicted octanol–water partition coefficient (Wildman–Crippen LogP) is 8.50. The van der Waals surface area contributed by atoms with Gasteiger partial charge in [-0.1, -0.05) is 104 Å². The molecule has 57 heavy (non-hydrogen) atoms. The molecule has 1 saturated heterocycles. The van der Waals surface area contributed by atoms with Crippen molar-refractivity contribution in [1.82, 2.24) is 29.7 Å². The normalized spacial score (nSPS) is 23.8. The van der Waals surface area contributed by atoms with E-state index in [1.807, 2.05) is 53.3 Å². The number of pyridine rings is 1. The zero-order valence-electron chi connectivity index (χ0n) is 35.9. The van der Waals surface area contributed by atoms with Gasteiger partial charge in [-0.05, 0) is 79.8 Å². The van der Waals surface area contributed by atoms with Crippen LogP contribution in [0.5, 0.6) is 5.75 Å². The number of aryl methyl sites for hydroxylation is 1. The second kappa shape index (κ2) is 15.2. The maximum atomic E-state index is 13.7. The van der Waals surface area contributed by atoms with E-state index in [-0.39, 0.29) is 34.7 Å². The standard InChI is InChI=1S/C45H62N8O3Si/c1-27(2)35-26-52(44(11,28(3)4)45(35,56-57)29(5)6)42-49-48-39-23-20-32(25-51(39)42)55-37-22-21-36(33-14-12-13-15-34(33)37)46-41(54)47-40-24-38(43(8,9)10)50-53(40)31-18-16-30(7)17-19-31/h12-20,23-25,27-29,35-37H,21-22,26H2,1-11,57H3,(H2,46,47,54)/t35?,36-,37+,44?,45?/m0/s1. The van der Waals surface area contributed by atoms with E-state index in [2.05, 4.69) is 125 Å². The van der Waals surface area contributed by atoms with Gasteiger partial charge in [-0.3, -0.25) is 9.72 Å². The second-order valence-corrected chi connectivity index (χ2v) is 18.8. The Bertz CT molecular complexity index is 2220. The Morgan fingerprint density at radius 3 is 2.26 bits per heavy atom. The van der Waals surface area contributed by atoms with Crippen LogP contribution in [-0.4, -0.2) is 58.6 Å². The maximum absolute atomic E-state index is 13.7. The number of benzene rings is 2. The zero-order valence-corrected chi connectivity index (χ0v) is 37.9. The van der Waals surface area contributed by atoms with Gasteiger partial charge >= 0.3 is 6.03 Å². The number of urea groups is 1. The fraction of sp³-hybridized carbons (Fsp3) is 0.511. The lowest BCUT2D eigenvalue weighted by Crippen LogP contribution is -2.65. The first kappa shape index (κ1) is 40.5. The molecule has 1 aliphatic carbocycles. The third kappa shape index (κ3) is 7.02. The number of anilines is 2. The molecule has 4 heterocycles. The number of carbonyl (C=O) groups excluding carboxylic acids is 1. The lowest BCUT2D eigenvalue weighted by molar-refractivity contribution is -0.0798. The number of nitrogens with one attached hydrogen (secondary N) is 2. The molecule has 5 atom stereocenters. The molecule has 0 bridgehead atoms. The fourth-order valence-electron chi connectivity index (χ4n) is 9.80. The summed E-state index contributed by atoms with van der Waals surface area (Å²) in [7, 11) is 0.653. The first-order valence-electron chi connectivity index (χ1n) is 20.7. The highest BCUT2D eigenvalue weighted by Gasteiger charge is 2.65. The number of hydrogen-bond donors (Lipinski definition) is 2. The lowest BCUT2D eigenvalue weighted by Gasteiger charge is -2.54. The van der Waals surface area contributed by atoms with Gasteiger partial charge in [0.15, 0.2) is 5.65 Å². The van der Waals surface area contributed by atoms with Crippen LogP contribution in [0.1, 0.15) is 117 Å². The minimum absolute atomic E-state index is 0.186. The van der Waals surface area contributed by atoms with E-state index in [4.69, 9.17) is 19.4 Å². The Morgan fingerprint density at radius 1 is 0.930 bits per heavy atom. The summed E-state index contributed by atoms with van der Waals surface area (Å²) in [4.78, 5) is 16.2. The summed E-state index contributed by atoms with van der Waals surface area (Å²) in [6.07, 6.45) is 3.29. The van der Waals surface area contributed by atoms with Gasteiger partial charge in [0.05, 0.1) is 34.8 Å². The van der Waals surface area contributed by atoms with Gasteiger partial charge in [0.25, 0.3) is 0 Å². The van der Waals surface area contributed by atoms with Gasteiger partial charge in [0.1, 0.15) is 28.2 Å². The van der Waals surface area contributed by atoms with Crippen molar-refractivity contribution >= 4 is 33.9 Å². The quantitative estimate of drug-likeness (QED) is 0.137. The van der Waals surface area contributed by atoms with Gasteiger partial charge in [-0.15, -0.1) is 10.2 Å². The molecular formula is C45H62N8O3Si. The lowest BCUT2D eigenvalue weighted by atomic mass is 9.62. The Labute approximate surface area is 341 Å². The zero-order chi connectivity index (χ0) is 41.0. The van der Waals surface area contributed by atoms with E-state index < -0.39 is 0 Å². The van der Waals surface area contributed by atoms with Crippen molar-refractivity contribution in [1.29, 1.82) is 0 Å². The van der Waals surface area contributed by atoms with E-state index >= 15 is 0 Å². The van der Waals surface area contributed by atoms with Gasteiger partial charge in [-0.25, -0.2) is 9.48 Å². The molecule has 5 aromatic rings. The molecule has 2 aromatic carbocycles. The average molecular weight is 791 g/mol. The topological polar surface area (TPSA) is 111 Å². The minimum atomic E-state index is -0.327. The number of rotatable bonds is 10. The Hall–Kier alpha value is -4.68. The molecule has 0 radical (unpaired) electrons. The molecule has 11 nitrogen and oxygen atoms in total. The van der Waals surface area contributed by atoms with Crippen molar-refractivity contribution in [2.75, 3.05) is 16.8 Å². The highest BCUT2D eigenvalue weighted by atomic mass is 28.2. The van der Waals surface area contributed by atoms with Crippen molar-refractivity contribution in [3.63, 3.8) is 0 Å². The number of ether oxygens (including phenoxy) is 1. The van der Waals surface area contributed by atoms with Crippen molar-refractivity contribution in [3.8, 4) is 11.4 Å². The summed E-state index contributed by atoms with van der Waals surface area (Å²) >= 11 is 0. The van der Waals surface area contributed by atoms with Crippen LogP contribution in [0.4, 0.5) is 16.6 Å². The summed E-state index contributed by atoms with van der Waals surface area (Å²) in [6.45, 7) is 25.5. The molecule has 7 rings (SSSR count). The maximum Gasteiger partial charge on any atom is 0.320 e. The molecule has 2 aliphatic rings. The Kier molecular flexibility index (Phi) is 10.8. The van der Waals surface area contributed by atoms with Crippen LogP contribution in [0.3, 0.4) is 0 Å². The minimum Gasteiger partial charge on any atom is -0.484 e. The SMILES string of the molecule is Cc1ccc(-n2nc(C(C)(C)C)cc2NC(=O)N[C@H]2CC[C@@H](Oc3ccc4nnc(N5CC(C(C)C)C(O[SiH3])(C(C)C)C5(C)C(C)C)n4c3)c3ccccc32)cc1. The van der Waals surface area contributed by atoms with Crippen LogP contribution < -0.4 is 20.3 Å². The van der Waals surface area contributed by atoms with Crippen molar-refractivity contribution < 1.29 is 14.0 Å². The van der Waals surface area contributed by atoms with Crippen molar-refractivity contribution in [2.45, 2.75) is 118 Å². The smallest absolute Gasteiger partial charge is 0.320 e. The monoisotopic (exact) mass is 790 g/mol. The number of nitrogens with zero attached hydrogens (tertiary/aromatic N) is 6. The van der Waals surface area contributed by atoms with Crippen LogP contribution >= 0.6 is 0 Å². The number of amides is 2. The van der Waals surface area contributed by atoms with Gasteiger partial charge < -0.3 is 19.4 Å². The van der Waals surface area contributed by atoms with E-state index in [9.17, 15) is 4.79 Å². The number of fused-ring (bicyclic) bond motifs is 2. The molecule has 0 spiro atoms.